The average molecular weight is 363 g/mol. The summed E-state index contributed by atoms with van der Waals surface area (Å²) in [5.41, 5.74) is 2.05. The summed E-state index contributed by atoms with van der Waals surface area (Å²) < 4.78 is 2.08. The van der Waals surface area contributed by atoms with Crippen LogP contribution in [0.1, 0.15) is 0 Å². The van der Waals surface area contributed by atoms with Gasteiger partial charge in [0.25, 0.3) is 0 Å². The molecule has 0 atom stereocenters. The van der Waals surface area contributed by atoms with Crippen LogP contribution in [0.25, 0.3) is 22.0 Å². The Morgan fingerprint density at radius 2 is 1.56 bits per heavy atom. The van der Waals surface area contributed by atoms with Crippen LogP contribution in [0.3, 0.4) is 0 Å². The maximum absolute atomic E-state index is 4.56. The molecule has 18 heavy (non-hydrogen) atoms. The molecule has 0 spiro atoms. The second-order valence-corrected chi connectivity index (χ2v) is 5.64. The Morgan fingerprint density at radius 1 is 0.833 bits per heavy atom. The van der Waals surface area contributed by atoms with E-state index < -0.39 is 0 Å². The largest absolute Gasteiger partial charge is 0.254 e. The molecule has 1 nitrogen and oxygen atoms in total. The average Bonchev–Trinajstić information content (AvgIpc) is 2.41. The second-order valence-electron chi connectivity index (χ2n) is 3.99. The van der Waals surface area contributed by atoms with Crippen molar-refractivity contribution in [2.45, 2.75) is 0 Å². The molecule has 3 heteroatoms. The van der Waals surface area contributed by atoms with Crippen LogP contribution in [-0.4, -0.2) is 4.98 Å². The normalized spacial score (nSPS) is 10.8. The summed E-state index contributed by atoms with van der Waals surface area (Å²) in [6, 6.07) is 16.3. The third-order valence-electron chi connectivity index (χ3n) is 2.87. The van der Waals surface area contributed by atoms with Gasteiger partial charge in [0.1, 0.15) is 0 Å². The molecule has 0 N–H and O–H groups in total. The van der Waals surface area contributed by atoms with Crippen LogP contribution in [0.2, 0.25) is 0 Å². The number of pyridine rings is 1. The molecule has 0 bridgehead atoms. The number of hydrogen-bond acceptors (Lipinski definition) is 1. The number of aromatic nitrogens is 1. The number of nitrogens with zero attached hydrogens (tertiary/aromatic N) is 1. The lowest BCUT2D eigenvalue weighted by Crippen LogP contribution is -1.88. The summed E-state index contributed by atoms with van der Waals surface area (Å²) in [5, 5.41) is 2.32. The fourth-order valence-electron chi connectivity index (χ4n) is 1.97. The molecule has 0 unspecified atom stereocenters. The molecule has 0 radical (unpaired) electrons. The van der Waals surface area contributed by atoms with E-state index in [4.69, 9.17) is 0 Å². The molecule has 3 aromatic rings. The molecule has 3 rings (SSSR count). The van der Waals surface area contributed by atoms with Crippen LogP contribution >= 0.6 is 31.9 Å². The highest BCUT2D eigenvalue weighted by molar-refractivity contribution is 9.11. The molecule has 2 aromatic carbocycles. The molecule has 0 aliphatic rings. The maximum Gasteiger partial charge on any atom is 0.0861 e. The first-order valence-corrected chi connectivity index (χ1v) is 7.14. The number of fused-ring (bicyclic) bond motifs is 1. The van der Waals surface area contributed by atoms with Gasteiger partial charge in [-0.25, -0.2) is 0 Å². The van der Waals surface area contributed by atoms with E-state index in [0.717, 1.165) is 25.6 Å². The van der Waals surface area contributed by atoms with Gasteiger partial charge in [-0.15, -0.1) is 0 Å². The summed E-state index contributed by atoms with van der Waals surface area (Å²) in [5.74, 6) is 0. The van der Waals surface area contributed by atoms with Crippen molar-refractivity contribution in [3.05, 3.63) is 63.7 Å². The first kappa shape index (κ1) is 11.9. The van der Waals surface area contributed by atoms with E-state index in [1.807, 2.05) is 36.5 Å². The van der Waals surface area contributed by atoms with Crippen molar-refractivity contribution in [3.63, 3.8) is 0 Å². The molecule has 1 heterocycles. The lowest BCUT2D eigenvalue weighted by molar-refractivity contribution is 1.33. The Hall–Kier alpha value is -1.19. The van der Waals surface area contributed by atoms with Crippen LogP contribution in [-0.2, 0) is 0 Å². The van der Waals surface area contributed by atoms with Crippen molar-refractivity contribution in [2.75, 3.05) is 0 Å². The number of halogens is 2. The van der Waals surface area contributed by atoms with Crippen molar-refractivity contribution in [2.24, 2.45) is 0 Å². The van der Waals surface area contributed by atoms with Gasteiger partial charge in [-0.2, -0.15) is 0 Å². The van der Waals surface area contributed by atoms with Crippen LogP contribution in [0.15, 0.2) is 63.7 Å². The summed E-state index contributed by atoms with van der Waals surface area (Å²) in [6.07, 6.45) is 1.91. The Balaban J connectivity index is 2.31. The first-order chi connectivity index (χ1) is 8.77. The highest BCUT2D eigenvalue weighted by Crippen LogP contribution is 2.35. The number of rotatable bonds is 1. The van der Waals surface area contributed by atoms with E-state index in [9.17, 15) is 0 Å². The van der Waals surface area contributed by atoms with Gasteiger partial charge in [-0.1, -0.05) is 58.4 Å². The van der Waals surface area contributed by atoms with E-state index in [0.29, 0.717) is 0 Å². The molecular formula is C15H9Br2N. The van der Waals surface area contributed by atoms with Crippen molar-refractivity contribution >= 4 is 42.6 Å². The minimum Gasteiger partial charge on any atom is -0.254 e. The molecule has 1 aromatic heterocycles. The SMILES string of the molecule is Brc1ccccc1-c1ncc2ccccc2c1Br. The van der Waals surface area contributed by atoms with Crippen LogP contribution in [0, 0.1) is 0 Å². The fourth-order valence-corrected chi connectivity index (χ4v) is 3.12. The van der Waals surface area contributed by atoms with E-state index in [-0.39, 0.29) is 0 Å². The highest BCUT2D eigenvalue weighted by atomic mass is 79.9. The van der Waals surface area contributed by atoms with Crippen LogP contribution < -0.4 is 0 Å². The van der Waals surface area contributed by atoms with Crippen molar-refractivity contribution in [1.82, 2.24) is 4.98 Å². The smallest absolute Gasteiger partial charge is 0.0861 e. The molecule has 0 aliphatic carbocycles. The predicted octanol–water partition coefficient (Wildman–Crippen LogP) is 5.43. The predicted molar refractivity (Wildman–Crippen MR) is 82.6 cm³/mol. The minimum absolute atomic E-state index is 0.959. The fraction of sp³-hybridized carbons (Fsp3) is 0. The van der Waals surface area contributed by atoms with Gasteiger partial charge in [0.15, 0.2) is 0 Å². The van der Waals surface area contributed by atoms with Crippen LogP contribution in [0.4, 0.5) is 0 Å². The van der Waals surface area contributed by atoms with Gasteiger partial charge in [-0.05, 0) is 27.4 Å². The van der Waals surface area contributed by atoms with Crippen molar-refractivity contribution < 1.29 is 0 Å². The highest BCUT2D eigenvalue weighted by Gasteiger charge is 2.10. The van der Waals surface area contributed by atoms with E-state index >= 15 is 0 Å². The van der Waals surface area contributed by atoms with Gasteiger partial charge in [0.05, 0.1) is 10.2 Å². The van der Waals surface area contributed by atoms with Crippen molar-refractivity contribution in [3.8, 4) is 11.3 Å². The Labute approximate surface area is 122 Å². The molecule has 0 saturated heterocycles. The van der Waals surface area contributed by atoms with Gasteiger partial charge in [-0.3, -0.25) is 4.98 Å². The summed E-state index contributed by atoms with van der Waals surface area (Å²) in [6.45, 7) is 0. The Kier molecular flexibility index (Phi) is 3.18. The number of hydrogen-bond donors (Lipinski definition) is 0. The van der Waals surface area contributed by atoms with Gasteiger partial charge < -0.3 is 0 Å². The zero-order valence-electron chi connectivity index (χ0n) is 9.40. The summed E-state index contributed by atoms with van der Waals surface area (Å²) in [7, 11) is 0. The Bertz CT molecular complexity index is 723. The lowest BCUT2D eigenvalue weighted by Gasteiger charge is -2.08. The minimum atomic E-state index is 0.959. The van der Waals surface area contributed by atoms with Gasteiger partial charge in [0, 0.05) is 21.6 Å². The molecule has 0 saturated carbocycles. The molecule has 88 valence electrons. The zero-order chi connectivity index (χ0) is 12.5. The van der Waals surface area contributed by atoms with Gasteiger partial charge >= 0.3 is 0 Å². The molecule has 0 fully saturated rings. The summed E-state index contributed by atoms with van der Waals surface area (Å²) >= 11 is 7.24. The Morgan fingerprint density at radius 3 is 2.39 bits per heavy atom. The third-order valence-corrected chi connectivity index (χ3v) is 4.36. The summed E-state index contributed by atoms with van der Waals surface area (Å²) in [4.78, 5) is 4.56. The van der Waals surface area contributed by atoms with E-state index in [1.54, 1.807) is 0 Å². The lowest BCUT2D eigenvalue weighted by atomic mass is 10.1. The second kappa shape index (κ2) is 4.82. The molecule has 0 amide bonds. The monoisotopic (exact) mass is 361 g/mol. The number of benzene rings is 2. The quantitative estimate of drug-likeness (QED) is 0.562. The maximum atomic E-state index is 4.56. The molecular weight excluding hydrogens is 354 g/mol. The van der Waals surface area contributed by atoms with E-state index in [2.05, 4.69) is 55.0 Å². The first-order valence-electron chi connectivity index (χ1n) is 5.55. The molecule has 0 aliphatic heterocycles. The van der Waals surface area contributed by atoms with Gasteiger partial charge in [0.2, 0.25) is 0 Å². The standard InChI is InChI=1S/C15H9Br2N/c16-13-8-4-3-7-12(13)15-14(17)11-6-2-1-5-10(11)9-18-15/h1-9H. The third kappa shape index (κ3) is 1.98. The van der Waals surface area contributed by atoms with E-state index in [1.165, 1.54) is 5.39 Å². The van der Waals surface area contributed by atoms with Crippen LogP contribution in [0.5, 0.6) is 0 Å². The topological polar surface area (TPSA) is 12.9 Å². The zero-order valence-corrected chi connectivity index (χ0v) is 12.6. The van der Waals surface area contributed by atoms with Crippen molar-refractivity contribution in [1.29, 1.82) is 0 Å².